The van der Waals surface area contributed by atoms with Crippen LogP contribution in [-0.2, 0) is 0 Å². The topological polar surface area (TPSA) is 4.93 Å². The van der Waals surface area contributed by atoms with Gasteiger partial charge in [0, 0.05) is 21.8 Å². The first-order valence-electron chi connectivity index (χ1n) is 4.61. The van der Waals surface area contributed by atoms with Gasteiger partial charge in [-0.15, -0.1) is 0 Å². The van der Waals surface area contributed by atoms with Gasteiger partial charge in [0.2, 0.25) is 7.98 Å². The molecule has 0 N–H and O–H groups in total. The van der Waals surface area contributed by atoms with E-state index >= 15 is 0 Å². The van der Waals surface area contributed by atoms with Crippen LogP contribution in [0.25, 0.3) is 21.8 Å². The molecule has 0 bridgehead atoms. The zero-order chi connectivity index (χ0) is 9.54. The van der Waals surface area contributed by atoms with Gasteiger partial charge < -0.3 is 4.48 Å². The van der Waals surface area contributed by atoms with E-state index in [2.05, 4.69) is 12.1 Å². The molecule has 0 amide bonds. The van der Waals surface area contributed by atoms with Crippen molar-refractivity contribution in [1.82, 2.24) is 4.48 Å². The second-order valence-electron chi connectivity index (χ2n) is 3.40. The van der Waals surface area contributed by atoms with Gasteiger partial charge in [0.05, 0.1) is 0 Å². The summed E-state index contributed by atoms with van der Waals surface area (Å²) in [5.41, 5.74) is 2.16. The van der Waals surface area contributed by atoms with Crippen molar-refractivity contribution in [3.8, 4) is 0 Å². The molecule has 1 nitrogen and oxygen atoms in total. The minimum absolute atomic E-state index is 1.08. The van der Waals surface area contributed by atoms with E-state index in [1.54, 1.807) is 4.48 Å². The van der Waals surface area contributed by atoms with Crippen molar-refractivity contribution in [3.05, 3.63) is 48.5 Å². The van der Waals surface area contributed by atoms with Gasteiger partial charge in [0.15, 0.2) is 0 Å². The Hall–Kier alpha value is -1.70. The lowest BCUT2D eigenvalue weighted by molar-refractivity contribution is 1.39. The Bertz CT molecular complexity index is 557. The quantitative estimate of drug-likeness (QED) is 0.465. The van der Waals surface area contributed by atoms with Crippen LogP contribution in [0.3, 0.4) is 0 Å². The molecule has 2 radical (unpaired) electrons. The first-order chi connectivity index (χ1) is 6.88. The minimum Gasteiger partial charge on any atom is -0.397 e. The van der Waals surface area contributed by atoms with Crippen molar-refractivity contribution >= 4 is 29.8 Å². The van der Waals surface area contributed by atoms with Crippen LogP contribution in [0.2, 0.25) is 0 Å². The first-order valence-corrected chi connectivity index (χ1v) is 4.61. The molecule has 1 aromatic heterocycles. The fraction of sp³-hybridized carbons (Fsp3) is 0. The first kappa shape index (κ1) is 7.68. The molecule has 0 unspecified atom stereocenters. The molecule has 3 rings (SSSR count). The standard InChI is InChI=1S/C12H8BN/c13-14-11-7-3-1-5-9(11)10-6-2-4-8-12(10)14/h1-8H. The number of hydrogen-bond donors (Lipinski definition) is 0. The van der Waals surface area contributed by atoms with Crippen molar-refractivity contribution in [2.45, 2.75) is 0 Å². The molecule has 0 aliphatic heterocycles. The number of rotatable bonds is 0. The predicted octanol–water partition coefficient (Wildman–Crippen LogP) is 2.73. The fourth-order valence-corrected chi connectivity index (χ4v) is 1.95. The van der Waals surface area contributed by atoms with E-state index in [0.717, 1.165) is 11.0 Å². The van der Waals surface area contributed by atoms with Crippen LogP contribution in [0.15, 0.2) is 48.5 Å². The number of benzene rings is 2. The van der Waals surface area contributed by atoms with Crippen LogP contribution in [0.1, 0.15) is 0 Å². The summed E-state index contributed by atoms with van der Waals surface area (Å²) in [6, 6.07) is 16.4. The van der Waals surface area contributed by atoms with Crippen molar-refractivity contribution in [1.29, 1.82) is 0 Å². The Morgan fingerprint density at radius 2 is 1.14 bits per heavy atom. The minimum atomic E-state index is 1.08. The Kier molecular flexibility index (Phi) is 1.45. The summed E-state index contributed by atoms with van der Waals surface area (Å²) >= 11 is 0. The van der Waals surface area contributed by atoms with E-state index < -0.39 is 0 Å². The maximum Gasteiger partial charge on any atom is 0.234 e. The smallest absolute Gasteiger partial charge is 0.234 e. The Labute approximate surface area is 83.4 Å². The van der Waals surface area contributed by atoms with Crippen LogP contribution < -0.4 is 0 Å². The summed E-state index contributed by atoms with van der Waals surface area (Å²) in [7, 11) is 5.99. The van der Waals surface area contributed by atoms with Crippen molar-refractivity contribution in [2.24, 2.45) is 0 Å². The highest BCUT2D eigenvalue weighted by Crippen LogP contribution is 2.26. The van der Waals surface area contributed by atoms with Crippen LogP contribution in [0, 0.1) is 0 Å². The largest absolute Gasteiger partial charge is 0.397 e. The third-order valence-electron chi connectivity index (χ3n) is 2.62. The number of para-hydroxylation sites is 2. The van der Waals surface area contributed by atoms with E-state index in [1.165, 1.54) is 10.8 Å². The summed E-state index contributed by atoms with van der Waals surface area (Å²) in [6.45, 7) is 0. The molecule has 14 heavy (non-hydrogen) atoms. The molecule has 3 aromatic rings. The number of nitrogens with zero attached hydrogens (tertiary/aromatic N) is 1. The summed E-state index contributed by atoms with van der Waals surface area (Å²) < 4.78 is 1.74. The second kappa shape index (κ2) is 2.64. The molecule has 0 fully saturated rings. The SMILES string of the molecule is [B]n1c2ccccc2c2ccccc21. The van der Waals surface area contributed by atoms with Crippen molar-refractivity contribution in [2.75, 3.05) is 0 Å². The molecular weight excluding hydrogens is 169 g/mol. The van der Waals surface area contributed by atoms with E-state index in [9.17, 15) is 0 Å². The lowest BCUT2D eigenvalue weighted by atomic mass is 10.2. The van der Waals surface area contributed by atoms with E-state index in [0.29, 0.717) is 0 Å². The van der Waals surface area contributed by atoms with Gasteiger partial charge in [-0.3, -0.25) is 0 Å². The highest BCUT2D eigenvalue weighted by molar-refractivity contribution is 6.21. The Morgan fingerprint density at radius 1 is 0.714 bits per heavy atom. The third kappa shape index (κ3) is 0.855. The fourth-order valence-electron chi connectivity index (χ4n) is 1.95. The molecule has 1 heterocycles. The van der Waals surface area contributed by atoms with Gasteiger partial charge in [0.1, 0.15) is 0 Å². The third-order valence-corrected chi connectivity index (χ3v) is 2.62. The van der Waals surface area contributed by atoms with Gasteiger partial charge in [-0.2, -0.15) is 0 Å². The normalized spacial score (nSPS) is 11.1. The van der Waals surface area contributed by atoms with E-state index in [1.807, 2.05) is 36.4 Å². The molecule has 0 aliphatic rings. The lowest BCUT2D eigenvalue weighted by Crippen LogP contribution is -1.88. The number of aromatic nitrogens is 1. The average Bonchev–Trinajstić information content (AvgIpc) is 2.55. The van der Waals surface area contributed by atoms with Gasteiger partial charge in [-0.1, -0.05) is 36.4 Å². The van der Waals surface area contributed by atoms with Gasteiger partial charge >= 0.3 is 0 Å². The number of fused-ring (bicyclic) bond motifs is 3. The van der Waals surface area contributed by atoms with Crippen LogP contribution >= 0.6 is 0 Å². The molecule has 2 heteroatoms. The molecule has 0 atom stereocenters. The van der Waals surface area contributed by atoms with Gasteiger partial charge in [-0.25, -0.2) is 0 Å². The Balaban J connectivity index is 2.69. The molecule has 64 valence electrons. The molecular formula is C12H8BN. The highest BCUT2D eigenvalue weighted by atomic mass is 14.9. The van der Waals surface area contributed by atoms with Crippen LogP contribution in [0.4, 0.5) is 0 Å². The number of hydrogen-bond acceptors (Lipinski definition) is 0. The summed E-state index contributed by atoms with van der Waals surface area (Å²) in [5.74, 6) is 0. The lowest BCUT2D eigenvalue weighted by Gasteiger charge is -1.96. The summed E-state index contributed by atoms with van der Waals surface area (Å²) in [5, 5.41) is 2.43. The van der Waals surface area contributed by atoms with E-state index in [4.69, 9.17) is 7.98 Å². The maximum atomic E-state index is 5.99. The zero-order valence-electron chi connectivity index (χ0n) is 7.64. The van der Waals surface area contributed by atoms with Crippen molar-refractivity contribution in [3.63, 3.8) is 0 Å². The average molecular weight is 177 g/mol. The summed E-state index contributed by atoms with van der Waals surface area (Å²) in [6.07, 6.45) is 0. The highest BCUT2D eigenvalue weighted by Gasteiger charge is 2.04. The van der Waals surface area contributed by atoms with Crippen molar-refractivity contribution < 1.29 is 0 Å². The van der Waals surface area contributed by atoms with E-state index in [-0.39, 0.29) is 0 Å². The molecule has 0 saturated carbocycles. The predicted molar refractivity (Wildman–Crippen MR) is 60.6 cm³/mol. The molecule has 0 spiro atoms. The Morgan fingerprint density at radius 3 is 1.64 bits per heavy atom. The zero-order valence-corrected chi connectivity index (χ0v) is 7.64. The monoisotopic (exact) mass is 177 g/mol. The van der Waals surface area contributed by atoms with Gasteiger partial charge in [-0.05, 0) is 12.1 Å². The second-order valence-corrected chi connectivity index (χ2v) is 3.40. The van der Waals surface area contributed by atoms with Crippen LogP contribution in [-0.4, -0.2) is 12.5 Å². The molecule has 0 aliphatic carbocycles. The molecule has 0 saturated heterocycles. The van der Waals surface area contributed by atoms with Gasteiger partial charge in [0.25, 0.3) is 0 Å². The molecule has 2 aromatic carbocycles. The van der Waals surface area contributed by atoms with Crippen LogP contribution in [0.5, 0.6) is 0 Å². The summed E-state index contributed by atoms with van der Waals surface area (Å²) in [4.78, 5) is 0. The maximum absolute atomic E-state index is 5.99.